The van der Waals surface area contributed by atoms with E-state index in [0.29, 0.717) is 0 Å². The maximum absolute atomic E-state index is 2.50. The Morgan fingerprint density at radius 1 is 0.222 bits per heavy atom. The van der Waals surface area contributed by atoms with Crippen LogP contribution in [0.4, 0.5) is 68.2 Å². The van der Waals surface area contributed by atoms with E-state index in [1.54, 1.807) is 0 Å². The van der Waals surface area contributed by atoms with Gasteiger partial charge in [-0.1, -0.05) is 149 Å². The van der Waals surface area contributed by atoms with Gasteiger partial charge in [0.05, 0.1) is 45.5 Å². The molecule has 2 aliphatic heterocycles. The molecule has 0 atom stereocenters. The molecule has 4 aliphatic rings. The molecular formula is C68H50N4. The topological polar surface area (TPSA) is 13.0 Å². The zero-order chi connectivity index (χ0) is 48.0. The summed E-state index contributed by atoms with van der Waals surface area (Å²) in [6.45, 7) is 9.50. The molecule has 0 amide bonds. The molecule has 0 saturated heterocycles. The molecule has 4 heteroatoms. The third-order valence-corrected chi connectivity index (χ3v) is 16.4. The second-order valence-corrected chi connectivity index (χ2v) is 21.0. The molecule has 72 heavy (non-hydrogen) atoms. The molecule has 4 nitrogen and oxygen atoms in total. The third kappa shape index (κ3) is 5.69. The Labute approximate surface area is 420 Å². The first kappa shape index (κ1) is 41.0. The first-order chi connectivity index (χ1) is 35.2. The number of anilines is 12. The van der Waals surface area contributed by atoms with Crippen LogP contribution in [0.1, 0.15) is 49.9 Å². The Kier molecular flexibility index (Phi) is 8.44. The highest BCUT2D eigenvalue weighted by Crippen LogP contribution is 2.61. The van der Waals surface area contributed by atoms with Crippen molar-refractivity contribution in [3.8, 4) is 22.3 Å². The SMILES string of the molecule is CC1(C)c2ccccc2-c2cc3c(cc21)N(c1ccc2cc4cc(N5c6ccccc6N(c6ccccc6)c6cc7c(cc65)C(C)(C)c5ccccc5-7)ccc4cc2c1)c1ccccc1N3c1ccccc1. The number of fused-ring (bicyclic) bond motifs is 12. The van der Waals surface area contributed by atoms with Gasteiger partial charge in [-0.25, -0.2) is 0 Å². The van der Waals surface area contributed by atoms with Gasteiger partial charge in [-0.2, -0.15) is 0 Å². The first-order valence-corrected chi connectivity index (χ1v) is 25.3. The van der Waals surface area contributed by atoms with E-state index in [-0.39, 0.29) is 10.8 Å². The molecule has 2 heterocycles. The molecule has 0 saturated carbocycles. The van der Waals surface area contributed by atoms with Crippen LogP contribution in [0.25, 0.3) is 43.8 Å². The fraction of sp³-hybridized carbons (Fsp3) is 0.0882. The quantitative estimate of drug-likeness (QED) is 0.163. The zero-order valence-electron chi connectivity index (χ0n) is 40.7. The third-order valence-electron chi connectivity index (χ3n) is 16.4. The van der Waals surface area contributed by atoms with Crippen LogP contribution < -0.4 is 19.6 Å². The van der Waals surface area contributed by atoms with Gasteiger partial charge in [-0.15, -0.1) is 0 Å². The number of rotatable bonds is 4. The van der Waals surface area contributed by atoms with Crippen LogP contribution in [0.3, 0.4) is 0 Å². The summed E-state index contributed by atoms with van der Waals surface area (Å²) >= 11 is 0. The van der Waals surface area contributed by atoms with E-state index in [9.17, 15) is 0 Å². The molecular weight excluding hydrogens is 873 g/mol. The van der Waals surface area contributed by atoms with Crippen LogP contribution in [0.5, 0.6) is 0 Å². The van der Waals surface area contributed by atoms with E-state index < -0.39 is 0 Å². The van der Waals surface area contributed by atoms with E-state index in [4.69, 9.17) is 0 Å². The van der Waals surface area contributed by atoms with Crippen LogP contribution in [-0.4, -0.2) is 0 Å². The lowest BCUT2D eigenvalue weighted by molar-refractivity contribution is 0.660. The highest BCUT2D eigenvalue weighted by Gasteiger charge is 2.41. The lowest BCUT2D eigenvalue weighted by Gasteiger charge is -2.41. The van der Waals surface area contributed by atoms with Crippen molar-refractivity contribution in [1.29, 1.82) is 0 Å². The highest BCUT2D eigenvalue weighted by molar-refractivity contribution is 6.09. The van der Waals surface area contributed by atoms with Crippen molar-refractivity contribution in [2.24, 2.45) is 0 Å². The van der Waals surface area contributed by atoms with E-state index in [1.165, 1.54) is 88.8 Å². The molecule has 15 rings (SSSR count). The molecule has 0 aromatic heterocycles. The van der Waals surface area contributed by atoms with Crippen LogP contribution in [-0.2, 0) is 10.8 Å². The first-order valence-electron chi connectivity index (χ1n) is 25.3. The molecule has 0 unspecified atom stereocenters. The summed E-state index contributed by atoms with van der Waals surface area (Å²) in [4.78, 5) is 9.90. The van der Waals surface area contributed by atoms with E-state index in [0.717, 1.165) is 45.5 Å². The summed E-state index contributed by atoms with van der Waals surface area (Å²) in [6.07, 6.45) is 0. The number of hydrogen-bond acceptors (Lipinski definition) is 4. The van der Waals surface area contributed by atoms with Gasteiger partial charge in [0.25, 0.3) is 0 Å². The van der Waals surface area contributed by atoms with Crippen molar-refractivity contribution in [2.45, 2.75) is 38.5 Å². The van der Waals surface area contributed by atoms with Gasteiger partial charge in [0.2, 0.25) is 0 Å². The fourth-order valence-corrected chi connectivity index (χ4v) is 12.9. The fourth-order valence-electron chi connectivity index (χ4n) is 12.9. The van der Waals surface area contributed by atoms with Crippen molar-refractivity contribution in [2.75, 3.05) is 19.6 Å². The van der Waals surface area contributed by atoms with Crippen molar-refractivity contribution in [3.63, 3.8) is 0 Å². The van der Waals surface area contributed by atoms with Gasteiger partial charge >= 0.3 is 0 Å². The van der Waals surface area contributed by atoms with Gasteiger partial charge in [0.1, 0.15) is 0 Å². The zero-order valence-corrected chi connectivity index (χ0v) is 40.7. The average Bonchev–Trinajstić information content (AvgIpc) is 3.78. The van der Waals surface area contributed by atoms with Crippen LogP contribution >= 0.6 is 0 Å². The number of hydrogen-bond donors (Lipinski definition) is 0. The monoisotopic (exact) mass is 922 g/mol. The lowest BCUT2D eigenvalue weighted by atomic mass is 9.82. The largest absolute Gasteiger partial charge is 0.306 e. The predicted molar refractivity (Wildman–Crippen MR) is 302 cm³/mol. The van der Waals surface area contributed by atoms with Crippen molar-refractivity contribution in [3.05, 3.63) is 253 Å². The molecule has 0 spiro atoms. The molecule has 11 aromatic carbocycles. The van der Waals surface area contributed by atoms with Crippen molar-refractivity contribution >= 4 is 89.8 Å². The Balaban J connectivity index is 0.882. The van der Waals surface area contributed by atoms with Gasteiger partial charge in [0, 0.05) is 33.6 Å². The lowest BCUT2D eigenvalue weighted by Crippen LogP contribution is -2.25. The Hall–Kier alpha value is -8.86. The normalized spacial score (nSPS) is 15.1. The van der Waals surface area contributed by atoms with Crippen molar-refractivity contribution < 1.29 is 0 Å². The minimum absolute atomic E-state index is 0.148. The van der Waals surface area contributed by atoms with E-state index in [2.05, 4.69) is 278 Å². The van der Waals surface area contributed by atoms with E-state index in [1.807, 2.05) is 0 Å². The van der Waals surface area contributed by atoms with Crippen LogP contribution in [0, 0.1) is 0 Å². The second-order valence-electron chi connectivity index (χ2n) is 21.0. The molecule has 0 bridgehead atoms. The van der Waals surface area contributed by atoms with Crippen molar-refractivity contribution in [1.82, 2.24) is 0 Å². The maximum Gasteiger partial charge on any atom is 0.0709 e. The molecule has 0 fully saturated rings. The number of nitrogens with zero attached hydrogens (tertiary/aromatic N) is 4. The molecule has 342 valence electrons. The van der Waals surface area contributed by atoms with Gasteiger partial charge in [-0.3, -0.25) is 0 Å². The Morgan fingerprint density at radius 2 is 0.556 bits per heavy atom. The van der Waals surface area contributed by atoms with Gasteiger partial charge in [-0.05, 0) is 175 Å². The summed E-state index contributed by atoms with van der Waals surface area (Å²) < 4.78 is 0. The Morgan fingerprint density at radius 3 is 0.958 bits per heavy atom. The van der Waals surface area contributed by atoms with Gasteiger partial charge in [0.15, 0.2) is 0 Å². The maximum atomic E-state index is 2.50. The molecule has 0 radical (unpaired) electrons. The summed E-state index contributed by atoms with van der Waals surface area (Å²) in [5, 5.41) is 4.82. The molecule has 2 aliphatic carbocycles. The van der Waals surface area contributed by atoms with E-state index >= 15 is 0 Å². The van der Waals surface area contributed by atoms with Crippen LogP contribution in [0.2, 0.25) is 0 Å². The standard InChI is InChI=1S/C68H50N4/c1-67(2)55-25-13-11-23-51(55)53-39-63-65(41-57(53)67)71(61-29-17-15-27-59(61)69(63)47-19-7-5-8-20-47)49-33-31-43-36-46-38-50(34-32-44(46)35-45(43)37-49)72-62-30-18-16-28-60(62)70(48-21-9-6-10-22-48)64-40-54-52-24-12-14-26-56(52)68(3,4)58(54)42-66(64)72/h5-42H,1-4H3. The average molecular weight is 923 g/mol. The highest BCUT2D eigenvalue weighted by atomic mass is 15.3. The van der Waals surface area contributed by atoms with Gasteiger partial charge < -0.3 is 19.6 Å². The summed E-state index contributed by atoms with van der Waals surface area (Å²) in [7, 11) is 0. The summed E-state index contributed by atoms with van der Waals surface area (Å²) in [5.41, 5.74) is 24.3. The smallest absolute Gasteiger partial charge is 0.0709 e. The molecule has 11 aromatic rings. The summed E-state index contributed by atoms with van der Waals surface area (Å²) in [5.74, 6) is 0. The number of benzene rings is 11. The molecule has 0 N–H and O–H groups in total. The minimum Gasteiger partial charge on any atom is -0.306 e. The second kappa shape index (κ2) is 14.8. The predicted octanol–water partition coefficient (Wildman–Crippen LogP) is 19.1. The number of para-hydroxylation sites is 6. The minimum atomic E-state index is -0.148. The summed E-state index contributed by atoms with van der Waals surface area (Å²) in [6, 6.07) is 86.0. The van der Waals surface area contributed by atoms with Crippen LogP contribution in [0.15, 0.2) is 231 Å². The Bertz CT molecular complexity index is 3810.